The molecule has 3 amide bonds. The van der Waals surface area contributed by atoms with E-state index in [1.165, 1.54) is 28.8 Å². The number of halogens is 1. The Morgan fingerprint density at radius 3 is 2.59 bits per heavy atom. The summed E-state index contributed by atoms with van der Waals surface area (Å²) in [7, 11) is 0. The van der Waals surface area contributed by atoms with E-state index >= 15 is 0 Å². The average Bonchev–Trinajstić information content (AvgIpc) is 2.63. The quantitative estimate of drug-likeness (QED) is 0.654. The van der Waals surface area contributed by atoms with Gasteiger partial charge in [-0.15, -0.1) is 11.8 Å². The molecule has 90 valence electrons. The Bertz CT molecular complexity index is 420. The number of carbonyl (C=O) groups is 2. The van der Waals surface area contributed by atoms with Crippen molar-refractivity contribution in [3.05, 3.63) is 30.1 Å². The van der Waals surface area contributed by atoms with Crippen molar-refractivity contribution in [3.63, 3.8) is 0 Å². The zero-order chi connectivity index (χ0) is 12.3. The highest BCUT2D eigenvalue weighted by Gasteiger charge is 2.27. The van der Waals surface area contributed by atoms with Crippen molar-refractivity contribution in [2.24, 2.45) is 0 Å². The van der Waals surface area contributed by atoms with E-state index in [1.54, 1.807) is 12.1 Å². The van der Waals surface area contributed by atoms with Gasteiger partial charge in [0, 0.05) is 17.2 Å². The number of urea groups is 1. The maximum absolute atomic E-state index is 12.6. The minimum Gasteiger partial charge on any atom is -0.329 e. The molecule has 0 atom stereocenters. The number of amides is 3. The molecule has 0 aliphatic carbocycles. The average molecular weight is 254 g/mol. The molecule has 1 fully saturated rings. The predicted octanol–water partition coefficient (Wildman–Crippen LogP) is 1.47. The van der Waals surface area contributed by atoms with Crippen molar-refractivity contribution in [1.29, 1.82) is 0 Å². The molecule has 2 rings (SSSR count). The summed E-state index contributed by atoms with van der Waals surface area (Å²) in [6.07, 6.45) is 0. The Morgan fingerprint density at radius 2 is 2.00 bits per heavy atom. The van der Waals surface area contributed by atoms with Gasteiger partial charge < -0.3 is 5.32 Å². The van der Waals surface area contributed by atoms with Crippen molar-refractivity contribution in [2.45, 2.75) is 4.90 Å². The largest absolute Gasteiger partial charge is 0.329 e. The summed E-state index contributed by atoms with van der Waals surface area (Å²) in [5.74, 6) is 0.128. The van der Waals surface area contributed by atoms with Gasteiger partial charge in [0.05, 0.1) is 6.54 Å². The highest BCUT2D eigenvalue weighted by atomic mass is 32.2. The maximum Gasteiger partial charge on any atom is 0.324 e. The molecule has 1 aromatic rings. The van der Waals surface area contributed by atoms with Crippen molar-refractivity contribution in [1.82, 2.24) is 10.2 Å². The Morgan fingerprint density at radius 1 is 1.29 bits per heavy atom. The minimum atomic E-state index is -0.338. The van der Waals surface area contributed by atoms with Crippen LogP contribution in [0.15, 0.2) is 29.2 Å². The summed E-state index contributed by atoms with van der Waals surface area (Å²) in [6, 6.07) is 5.78. The second-order valence-corrected chi connectivity index (χ2v) is 4.67. The number of carbonyl (C=O) groups excluding carboxylic acids is 2. The molecule has 4 nitrogen and oxygen atoms in total. The van der Waals surface area contributed by atoms with Gasteiger partial charge in [-0.2, -0.15) is 0 Å². The van der Waals surface area contributed by atoms with E-state index in [-0.39, 0.29) is 24.3 Å². The monoisotopic (exact) mass is 254 g/mol. The van der Waals surface area contributed by atoms with Gasteiger partial charge in [0.1, 0.15) is 5.82 Å². The van der Waals surface area contributed by atoms with Gasteiger partial charge in [-0.25, -0.2) is 9.18 Å². The molecule has 1 heterocycles. The Hall–Kier alpha value is -1.56. The number of thioether (sulfide) groups is 1. The molecule has 6 heteroatoms. The van der Waals surface area contributed by atoms with Crippen LogP contribution in [0.1, 0.15) is 0 Å². The molecule has 1 N–H and O–H groups in total. The molecule has 1 aliphatic heterocycles. The topological polar surface area (TPSA) is 49.4 Å². The van der Waals surface area contributed by atoms with Crippen LogP contribution in [-0.2, 0) is 4.79 Å². The van der Waals surface area contributed by atoms with Crippen LogP contribution in [0.5, 0.6) is 0 Å². The summed E-state index contributed by atoms with van der Waals surface area (Å²) in [5.41, 5.74) is 0. The summed E-state index contributed by atoms with van der Waals surface area (Å²) in [5, 5.41) is 2.45. The van der Waals surface area contributed by atoms with Gasteiger partial charge in [0.15, 0.2) is 0 Å². The van der Waals surface area contributed by atoms with Crippen molar-refractivity contribution in [3.8, 4) is 0 Å². The molecule has 0 saturated carbocycles. The Labute approximate surface area is 102 Å². The summed E-state index contributed by atoms with van der Waals surface area (Å²) < 4.78 is 12.6. The fraction of sp³-hybridized carbons (Fsp3) is 0.273. The molecule has 1 saturated heterocycles. The van der Waals surface area contributed by atoms with Gasteiger partial charge in [0.2, 0.25) is 5.91 Å². The summed E-state index contributed by atoms with van der Waals surface area (Å²) in [6.45, 7) is 0.451. The summed E-state index contributed by atoms with van der Waals surface area (Å²) >= 11 is 1.48. The Balaban J connectivity index is 1.81. The van der Waals surface area contributed by atoms with E-state index in [1.807, 2.05) is 0 Å². The van der Waals surface area contributed by atoms with E-state index in [9.17, 15) is 14.0 Å². The molecule has 0 aromatic heterocycles. The zero-order valence-corrected chi connectivity index (χ0v) is 9.80. The van der Waals surface area contributed by atoms with Crippen LogP contribution < -0.4 is 5.32 Å². The van der Waals surface area contributed by atoms with Crippen LogP contribution in [0.3, 0.4) is 0 Å². The third kappa shape index (κ3) is 2.97. The zero-order valence-electron chi connectivity index (χ0n) is 8.98. The van der Waals surface area contributed by atoms with Gasteiger partial charge in [-0.05, 0) is 24.3 Å². The van der Waals surface area contributed by atoms with Gasteiger partial charge in [0.25, 0.3) is 0 Å². The minimum absolute atomic E-state index is 0.0834. The fourth-order valence-corrected chi connectivity index (χ4v) is 2.31. The summed E-state index contributed by atoms with van der Waals surface area (Å²) in [4.78, 5) is 24.6. The van der Waals surface area contributed by atoms with E-state index in [0.29, 0.717) is 12.3 Å². The molecule has 0 unspecified atom stereocenters. The number of hydrogen-bond donors (Lipinski definition) is 1. The SMILES string of the molecule is O=C1CNC(=O)N1CCSc1ccc(F)cc1. The van der Waals surface area contributed by atoms with Crippen molar-refractivity contribution < 1.29 is 14.0 Å². The molecule has 1 aromatic carbocycles. The molecule has 0 radical (unpaired) electrons. The fourth-order valence-electron chi connectivity index (χ4n) is 1.47. The lowest BCUT2D eigenvalue weighted by Crippen LogP contribution is -2.32. The highest BCUT2D eigenvalue weighted by Crippen LogP contribution is 2.18. The first kappa shape index (κ1) is 11.9. The lowest BCUT2D eigenvalue weighted by molar-refractivity contribution is -0.124. The molecule has 1 aliphatic rings. The van der Waals surface area contributed by atoms with Gasteiger partial charge >= 0.3 is 6.03 Å². The van der Waals surface area contributed by atoms with Crippen LogP contribution in [0, 0.1) is 5.82 Å². The number of benzene rings is 1. The number of rotatable bonds is 4. The maximum atomic E-state index is 12.6. The number of imide groups is 1. The van der Waals surface area contributed by atoms with Crippen LogP contribution in [-0.4, -0.2) is 35.7 Å². The van der Waals surface area contributed by atoms with Crippen molar-refractivity contribution >= 4 is 23.7 Å². The number of hydrogen-bond acceptors (Lipinski definition) is 3. The van der Waals surface area contributed by atoms with Crippen molar-refractivity contribution in [2.75, 3.05) is 18.8 Å². The molecular formula is C11H11FN2O2S. The molecular weight excluding hydrogens is 243 g/mol. The third-order valence-corrected chi connectivity index (χ3v) is 3.33. The van der Waals surface area contributed by atoms with Crippen LogP contribution in [0.2, 0.25) is 0 Å². The first-order valence-electron chi connectivity index (χ1n) is 5.13. The Kier molecular flexibility index (Phi) is 3.63. The lowest BCUT2D eigenvalue weighted by Gasteiger charge is -2.11. The van der Waals surface area contributed by atoms with E-state index in [0.717, 1.165) is 4.90 Å². The second kappa shape index (κ2) is 5.18. The molecule has 0 bridgehead atoms. The number of nitrogens with zero attached hydrogens (tertiary/aromatic N) is 1. The lowest BCUT2D eigenvalue weighted by atomic mass is 10.4. The molecule has 17 heavy (non-hydrogen) atoms. The molecule has 0 spiro atoms. The van der Waals surface area contributed by atoms with E-state index in [2.05, 4.69) is 5.32 Å². The van der Waals surface area contributed by atoms with Crippen LogP contribution in [0.4, 0.5) is 9.18 Å². The third-order valence-electron chi connectivity index (χ3n) is 2.33. The second-order valence-electron chi connectivity index (χ2n) is 3.51. The predicted molar refractivity (Wildman–Crippen MR) is 62.2 cm³/mol. The van der Waals surface area contributed by atoms with E-state index < -0.39 is 0 Å². The van der Waals surface area contributed by atoms with Crippen LogP contribution >= 0.6 is 11.8 Å². The van der Waals surface area contributed by atoms with E-state index in [4.69, 9.17) is 0 Å². The first-order chi connectivity index (χ1) is 8.16. The normalized spacial score (nSPS) is 15.2. The van der Waals surface area contributed by atoms with Gasteiger partial charge in [-0.3, -0.25) is 9.69 Å². The highest BCUT2D eigenvalue weighted by molar-refractivity contribution is 7.99. The first-order valence-corrected chi connectivity index (χ1v) is 6.12. The van der Waals surface area contributed by atoms with Gasteiger partial charge in [-0.1, -0.05) is 0 Å². The standard InChI is InChI=1S/C11H11FN2O2S/c12-8-1-3-9(4-2-8)17-6-5-14-10(15)7-13-11(14)16/h1-4H,5-7H2,(H,13,16). The smallest absolute Gasteiger partial charge is 0.324 e. The number of nitrogens with one attached hydrogen (secondary N) is 1. The van der Waals surface area contributed by atoms with Crippen LogP contribution in [0.25, 0.3) is 0 Å².